The quantitative estimate of drug-likeness (QED) is 0.0625. The zero-order valence-corrected chi connectivity index (χ0v) is 23.1. The summed E-state index contributed by atoms with van der Waals surface area (Å²) in [6.07, 6.45) is 14.4. The number of esters is 1. The molecule has 0 fully saturated rings. The van der Waals surface area contributed by atoms with Gasteiger partial charge in [0, 0.05) is 23.6 Å². The summed E-state index contributed by atoms with van der Waals surface area (Å²) in [4.78, 5) is 12.9. The number of aromatic nitrogens is 1. The van der Waals surface area contributed by atoms with E-state index in [0.29, 0.717) is 17.9 Å². The van der Waals surface area contributed by atoms with Crippen molar-refractivity contribution in [3.05, 3.63) is 42.1 Å². The molecule has 39 heavy (non-hydrogen) atoms. The van der Waals surface area contributed by atoms with Gasteiger partial charge in [0.05, 0.1) is 23.3 Å². The molecule has 4 aromatic rings. The molecule has 2 aliphatic heterocycles. The van der Waals surface area contributed by atoms with Crippen molar-refractivity contribution in [3.8, 4) is 23.0 Å². The molecule has 0 unspecified atom stereocenters. The third-order valence-electron chi connectivity index (χ3n) is 8.26. The number of rotatable bonds is 12. The lowest BCUT2D eigenvalue weighted by Gasteiger charge is -2.18. The Balaban J connectivity index is 1.26. The summed E-state index contributed by atoms with van der Waals surface area (Å²) in [7, 11) is 1.62. The summed E-state index contributed by atoms with van der Waals surface area (Å²) >= 11 is 0. The van der Waals surface area contributed by atoms with Crippen molar-refractivity contribution in [2.24, 2.45) is 0 Å². The number of unbranched alkanes of at least 4 members (excludes halogenated alkanes) is 8. The molecular formula is C33H38NO5+. The Morgan fingerprint density at radius 2 is 1.64 bits per heavy atom. The van der Waals surface area contributed by atoms with Gasteiger partial charge in [-0.3, -0.25) is 4.79 Å². The second kappa shape index (κ2) is 11.3. The standard InChI is InChI=1S/C33H38NO5/c1-3-4-5-6-7-8-9-10-11-12-29(35)39-33-26-20-34-18-17-22-19-28-32(38-21-37-28)25-14-13-24(31(34)30(22)25)23(26)15-16-27(33)36-2/h13-16,19-20H,3-12,17-18,21H2,1-2H3/q+1. The van der Waals surface area contributed by atoms with E-state index in [1.807, 2.05) is 6.07 Å². The average molecular weight is 529 g/mol. The third-order valence-corrected chi connectivity index (χ3v) is 8.26. The van der Waals surface area contributed by atoms with Crippen LogP contribution in [-0.2, 0) is 17.8 Å². The Bertz CT molecular complexity index is 1540. The van der Waals surface area contributed by atoms with Gasteiger partial charge in [-0.05, 0) is 42.3 Å². The van der Waals surface area contributed by atoms with E-state index in [1.165, 1.54) is 61.4 Å². The van der Waals surface area contributed by atoms with Crippen LogP contribution in [0.2, 0.25) is 0 Å². The maximum atomic E-state index is 12.9. The van der Waals surface area contributed by atoms with Gasteiger partial charge in [0.15, 0.2) is 35.7 Å². The molecule has 0 amide bonds. The molecule has 1 aromatic heterocycles. The first-order valence-corrected chi connectivity index (χ1v) is 14.6. The summed E-state index contributed by atoms with van der Waals surface area (Å²) in [5, 5.41) is 5.36. The minimum Gasteiger partial charge on any atom is -0.493 e. The highest BCUT2D eigenvalue weighted by Gasteiger charge is 2.30. The highest BCUT2D eigenvalue weighted by Crippen LogP contribution is 2.46. The van der Waals surface area contributed by atoms with E-state index in [-0.39, 0.29) is 12.8 Å². The van der Waals surface area contributed by atoms with Crippen LogP contribution in [0, 0.1) is 0 Å². The lowest BCUT2D eigenvalue weighted by atomic mass is 9.93. The normalized spacial score (nSPS) is 13.6. The van der Waals surface area contributed by atoms with Crippen LogP contribution in [0.4, 0.5) is 0 Å². The monoisotopic (exact) mass is 528 g/mol. The summed E-state index contributed by atoms with van der Waals surface area (Å²) < 4.78 is 25.5. The summed E-state index contributed by atoms with van der Waals surface area (Å²) in [5.74, 6) is 2.55. The molecule has 3 aromatic carbocycles. The van der Waals surface area contributed by atoms with E-state index in [0.717, 1.165) is 58.9 Å². The molecule has 6 nitrogen and oxygen atoms in total. The zero-order chi connectivity index (χ0) is 26.8. The van der Waals surface area contributed by atoms with Gasteiger partial charge in [-0.15, -0.1) is 0 Å². The number of ether oxygens (including phenoxy) is 4. The fraction of sp³-hybridized carbons (Fsp3) is 0.455. The van der Waals surface area contributed by atoms with E-state index in [4.69, 9.17) is 18.9 Å². The molecule has 6 rings (SSSR count). The first-order valence-electron chi connectivity index (χ1n) is 14.6. The number of hydrogen-bond acceptors (Lipinski definition) is 5. The van der Waals surface area contributed by atoms with Crippen molar-refractivity contribution in [2.45, 2.75) is 84.1 Å². The summed E-state index contributed by atoms with van der Waals surface area (Å²) in [5.41, 5.74) is 2.46. The van der Waals surface area contributed by atoms with Gasteiger partial charge in [0.25, 0.3) is 0 Å². The van der Waals surface area contributed by atoms with Crippen LogP contribution >= 0.6 is 0 Å². The SMILES string of the molecule is CCCCCCCCCCCC(=O)Oc1c(OC)ccc2c1c[n+]1c3c2ccc2c4c(cc(c23)CC1)OCO4. The van der Waals surface area contributed by atoms with Crippen LogP contribution in [0.1, 0.15) is 76.7 Å². The maximum absolute atomic E-state index is 12.9. The Hall–Kier alpha value is -3.54. The number of fused-ring (bicyclic) bond motifs is 4. The molecule has 0 saturated carbocycles. The molecule has 0 bridgehead atoms. The smallest absolute Gasteiger partial charge is 0.311 e. The Kier molecular flexibility index (Phi) is 7.45. The van der Waals surface area contributed by atoms with Gasteiger partial charge in [-0.2, -0.15) is 4.57 Å². The summed E-state index contributed by atoms with van der Waals surface area (Å²) in [6, 6.07) is 10.4. The highest BCUT2D eigenvalue weighted by atomic mass is 16.7. The number of carbonyl (C=O) groups excluding carboxylic acids is 1. The predicted molar refractivity (Wildman–Crippen MR) is 153 cm³/mol. The predicted octanol–water partition coefficient (Wildman–Crippen LogP) is 7.55. The van der Waals surface area contributed by atoms with Crippen LogP contribution in [0.15, 0.2) is 36.5 Å². The first-order chi connectivity index (χ1) is 19.2. The lowest BCUT2D eigenvalue weighted by molar-refractivity contribution is -0.670. The van der Waals surface area contributed by atoms with Gasteiger partial charge in [-0.25, -0.2) is 0 Å². The Morgan fingerprint density at radius 1 is 0.897 bits per heavy atom. The number of methoxy groups -OCH3 is 1. The van der Waals surface area contributed by atoms with E-state index in [1.54, 1.807) is 7.11 Å². The van der Waals surface area contributed by atoms with Crippen molar-refractivity contribution in [3.63, 3.8) is 0 Å². The first kappa shape index (κ1) is 25.7. The molecule has 204 valence electrons. The molecule has 0 spiro atoms. The molecule has 0 radical (unpaired) electrons. The molecule has 0 N–H and O–H groups in total. The van der Waals surface area contributed by atoms with Gasteiger partial charge >= 0.3 is 5.97 Å². The second-order valence-corrected chi connectivity index (χ2v) is 10.8. The molecule has 0 atom stereocenters. The zero-order valence-electron chi connectivity index (χ0n) is 23.1. The Morgan fingerprint density at radius 3 is 2.44 bits per heavy atom. The minimum absolute atomic E-state index is 0.198. The van der Waals surface area contributed by atoms with E-state index in [9.17, 15) is 4.79 Å². The largest absolute Gasteiger partial charge is 0.493 e. The lowest BCUT2D eigenvalue weighted by Crippen LogP contribution is -2.38. The number of carbonyl (C=O) groups is 1. The maximum Gasteiger partial charge on any atom is 0.311 e. The van der Waals surface area contributed by atoms with Gasteiger partial charge in [0.2, 0.25) is 12.3 Å². The number of benzene rings is 3. The van der Waals surface area contributed by atoms with Crippen molar-refractivity contribution in [1.29, 1.82) is 0 Å². The molecular weight excluding hydrogens is 490 g/mol. The average Bonchev–Trinajstić information content (AvgIpc) is 3.43. The molecule has 2 aliphatic rings. The van der Waals surface area contributed by atoms with Crippen LogP contribution in [0.3, 0.4) is 0 Å². The number of nitrogens with zero attached hydrogens (tertiary/aromatic N) is 1. The van der Waals surface area contributed by atoms with Gasteiger partial charge in [-0.1, -0.05) is 58.3 Å². The van der Waals surface area contributed by atoms with Crippen molar-refractivity contribution in [1.82, 2.24) is 0 Å². The van der Waals surface area contributed by atoms with E-state index in [2.05, 4.69) is 42.0 Å². The van der Waals surface area contributed by atoms with Crippen LogP contribution in [0.5, 0.6) is 23.0 Å². The summed E-state index contributed by atoms with van der Waals surface area (Å²) in [6.45, 7) is 3.34. The van der Waals surface area contributed by atoms with Crippen molar-refractivity contribution < 1.29 is 28.3 Å². The minimum atomic E-state index is -0.198. The van der Waals surface area contributed by atoms with Crippen LogP contribution in [-0.4, -0.2) is 19.9 Å². The number of pyridine rings is 1. The number of hydrogen-bond donors (Lipinski definition) is 0. The molecule has 3 heterocycles. The van der Waals surface area contributed by atoms with Crippen LogP contribution < -0.4 is 23.5 Å². The fourth-order valence-electron chi connectivity index (χ4n) is 6.25. The molecule has 0 saturated heterocycles. The Labute approximate surface area is 229 Å². The molecule has 0 aliphatic carbocycles. The highest BCUT2D eigenvalue weighted by molar-refractivity contribution is 6.17. The van der Waals surface area contributed by atoms with Gasteiger partial charge < -0.3 is 18.9 Å². The van der Waals surface area contributed by atoms with Crippen molar-refractivity contribution >= 4 is 38.4 Å². The third kappa shape index (κ3) is 4.86. The van der Waals surface area contributed by atoms with Crippen LogP contribution in [0.25, 0.3) is 32.4 Å². The van der Waals surface area contributed by atoms with Gasteiger partial charge in [0.1, 0.15) is 0 Å². The number of aryl methyl sites for hydroxylation is 2. The van der Waals surface area contributed by atoms with Crippen molar-refractivity contribution in [2.75, 3.05) is 13.9 Å². The topological polar surface area (TPSA) is 57.9 Å². The fourth-order valence-corrected chi connectivity index (χ4v) is 6.25. The van der Waals surface area contributed by atoms with E-state index >= 15 is 0 Å². The van der Waals surface area contributed by atoms with E-state index < -0.39 is 0 Å². The molecule has 6 heteroatoms. The second-order valence-electron chi connectivity index (χ2n) is 10.8.